The SMILES string of the molecule is CC(C)(C)C1(N)C=CC=CC1N. The molecule has 1 rings (SSSR count). The summed E-state index contributed by atoms with van der Waals surface area (Å²) in [7, 11) is 0. The van der Waals surface area contributed by atoms with E-state index in [0.717, 1.165) is 0 Å². The van der Waals surface area contributed by atoms with Gasteiger partial charge in [-0.25, -0.2) is 0 Å². The second kappa shape index (κ2) is 2.71. The maximum atomic E-state index is 6.22. The Morgan fingerprint density at radius 2 is 1.83 bits per heavy atom. The minimum Gasteiger partial charge on any atom is -0.323 e. The number of rotatable bonds is 0. The highest BCUT2D eigenvalue weighted by Crippen LogP contribution is 2.33. The van der Waals surface area contributed by atoms with E-state index in [1.807, 2.05) is 24.3 Å². The van der Waals surface area contributed by atoms with Gasteiger partial charge in [0.15, 0.2) is 0 Å². The monoisotopic (exact) mass is 166 g/mol. The molecule has 0 radical (unpaired) electrons. The summed E-state index contributed by atoms with van der Waals surface area (Å²) in [5, 5.41) is 0. The highest BCUT2D eigenvalue weighted by atomic mass is 14.9. The van der Waals surface area contributed by atoms with Gasteiger partial charge >= 0.3 is 0 Å². The molecule has 0 aliphatic heterocycles. The van der Waals surface area contributed by atoms with Crippen LogP contribution in [-0.4, -0.2) is 11.6 Å². The molecule has 2 nitrogen and oxygen atoms in total. The van der Waals surface area contributed by atoms with E-state index in [2.05, 4.69) is 20.8 Å². The first kappa shape index (κ1) is 9.49. The maximum absolute atomic E-state index is 6.22. The molecule has 0 aromatic heterocycles. The van der Waals surface area contributed by atoms with Gasteiger partial charge < -0.3 is 11.5 Å². The fourth-order valence-corrected chi connectivity index (χ4v) is 1.42. The van der Waals surface area contributed by atoms with Crippen molar-refractivity contribution in [1.29, 1.82) is 0 Å². The molecule has 0 saturated heterocycles. The summed E-state index contributed by atoms with van der Waals surface area (Å²) >= 11 is 0. The molecule has 0 aromatic carbocycles. The van der Waals surface area contributed by atoms with E-state index in [1.54, 1.807) is 0 Å². The average Bonchev–Trinajstić information content (AvgIpc) is 1.93. The second-order valence-electron chi connectivity index (χ2n) is 4.45. The molecule has 1 aliphatic carbocycles. The molecular weight excluding hydrogens is 148 g/mol. The van der Waals surface area contributed by atoms with Gasteiger partial charge in [-0.15, -0.1) is 0 Å². The lowest BCUT2D eigenvalue weighted by molar-refractivity contribution is 0.220. The number of nitrogens with two attached hydrogens (primary N) is 2. The van der Waals surface area contributed by atoms with Crippen LogP contribution >= 0.6 is 0 Å². The Morgan fingerprint density at radius 3 is 2.17 bits per heavy atom. The molecule has 68 valence electrons. The second-order valence-corrected chi connectivity index (χ2v) is 4.45. The van der Waals surface area contributed by atoms with E-state index in [0.29, 0.717) is 0 Å². The molecule has 2 atom stereocenters. The minimum absolute atomic E-state index is 0.00627. The van der Waals surface area contributed by atoms with E-state index in [4.69, 9.17) is 11.5 Å². The molecule has 0 bridgehead atoms. The normalized spacial score (nSPS) is 35.6. The molecule has 0 spiro atoms. The number of hydrogen-bond donors (Lipinski definition) is 2. The van der Waals surface area contributed by atoms with Crippen LogP contribution in [0, 0.1) is 5.41 Å². The van der Waals surface area contributed by atoms with E-state index < -0.39 is 5.54 Å². The predicted octanol–water partition coefficient (Wildman–Crippen LogP) is 1.18. The van der Waals surface area contributed by atoms with Crippen LogP contribution in [0.15, 0.2) is 24.3 Å². The maximum Gasteiger partial charge on any atom is 0.0581 e. The first-order valence-electron chi connectivity index (χ1n) is 4.28. The van der Waals surface area contributed by atoms with Crippen LogP contribution in [0.3, 0.4) is 0 Å². The molecule has 0 saturated carbocycles. The van der Waals surface area contributed by atoms with Crippen molar-refractivity contribution in [2.24, 2.45) is 16.9 Å². The fourth-order valence-electron chi connectivity index (χ4n) is 1.42. The van der Waals surface area contributed by atoms with E-state index in [9.17, 15) is 0 Å². The molecule has 1 aliphatic rings. The van der Waals surface area contributed by atoms with E-state index >= 15 is 0 Å². The van der Waals surface area contributed by atoms with E-state index in [1.165, 1.54) is 0 Å². The first-order valence-corrected chi connectivity index (χ1v) is 4.28. The van der Waals surface area contributed by atoms with Crippen molar-refractivity contribution in [3.63, 3.8) is 0 Å². The molecular formula is C10H18N2. The smallest absolute Gasteiger partial charge is 0.0581 e. The van der Waals surface area contributed by atoms with Gasteiger partial charge in [0, 0.05) is 6.04 Å². The summed E-state index contributed by atoms with van der Waals surface area (Å²) in [5.41, 5.74) is 11.7. The third kappa shape index (κ3) is 1.32. The van der Waals surface area contributed by atoms with Gasteiger partial charge in [0.25, 0.3) is 0 Å². The highest BCUT2D eigenvalue weighted by molar-refractivity contribution is 5.29. The molecule has 0 aromatic rings. The van der Waals surface area contributed by atoms with Gasteiger partial charge in [-0.3, -0.25) is 0 Å². The minimum atomic E-state index is -0.415. The predicted molar refractivity (Wildman–Crippen MR) is 52.6 cm³/mol. The Bertz CT molecular complexity index is 222. The van der Waals surface area contributed by atoms with Gasteiger partial charge in [0.05, 0.1) is 5.54 Å². The summed E-state index contributed by atoms with van der Waals surface area (Å²) in [5.74, 6) is 0. The zero-order valence-corrected chi connectivity index (χ0v) is 8.04. The molecule has 0 heterocycles. The Morgan fingerprint density at radius 1 is 1.25 bits per heavy atom. The number of allylic oxidation sites excluding steroid dienone is 2. The van der Waals surface area contributed by atoms with Gasteiger partial charge in [0.1, 0.15) is 0 Å². The molecule has 12 heavy (non-hydrogen) atoms. The van der Waals surface area contributed by atoms with Gasteiger partial charge in [-0.1, -0.05) is 45.1 Å². The third-order valence-corrected chi connectivity index (χ3v) is 2.65. The molecule has 4 N–H and O–H groups in total. The third-order valence-electron chi connectivity index (χ3n) is 2.65. The Kier molecular flexibility index (Phi) is 2.15. The van der Waals surface area contributed by atoms with Crippen LogP contribution in [-0.2, 0) is 0 Å². The summed E-state index contributed by atoms with van der Waals surface area (Å²) in [4.78, 5) is 0. The van der Waals surface area contributed by atoms with Crippen molar-refractivity contribution in [3.05, 3.63) is 24.3 Å². The zero-order valence-electron chi connectivity index (χ0n) is 8.04. The first-order chi connectivity index (χ1) is 5.38. The zero-order chi connectivity index (χ0) is 9.41. The molecule has 2 heteroatoms. The lowest BCUT2D eigenvalue weighted by Gasteiger charge is -2.43. The quantitative estimate of drug-likeness (QED) is 0.568. The van der Waals surface area contributed by atoms with Crippen molar-refractivity contribution in [3.8, 4) is 0 Å². The summed E-state index contributed by atoms with van der Waals surface area (Å²) in [6.07, 6.45) is 7.86. The van der Waals surface area contributed by atoms with Crippen molar-refractivity contribution < 1.29 is 0 Å². The molecule has 0 amide bonds. The largest absolute Gasteiger partial charge is 0.323 e. The van der Waals surface area contributed by atoms with Crippen molar-refractivity contribution >= 4 is 0 Å². The standard InChI is InChI=1S/C10H18N2/c1-9(2,3)10(12)7-5-4-6-8(10)11/h4-8H,11-12H2,1-3H3. The van der Waals surface area contributed by atoms with Crippen LogP contribution in [0.4, 0.5) is 0 Å². The Balaban J connectivity index is 2.99. The van der Waals surface area contributed by atoms with Crippen molar-refractivity contribution in [2.75, 3.05) is 0 Å². The van der Waals surface area contributed by atoms with Gasteiger partial charge in [0.2, 0.25) is 0 Å². The van der Waals surface area contributed by atoms with Gasteiger partial charge in [-0.05, 0) is 5.41 Å². The Labute approximate surface area is 74.3 Å². The lowest BCUT2D eigenvalue weighted by atomic mass is 9.68. The summed E-state index contributed by atoms with van der Waals surface area (Å²) in [6, 6.07) is -0.0810. The van der Waals surface area contributed by atoms with Crippen LogP contribution in [0.2, 0.25) is 0 Å². The molecule has 0 fully saturated rings. The highest BCUT2D eigenvalue weighted by Gasteiger charge is 2.40. The summed E-state index contributed by atoms with van der Waals surface area (Å²) in [6.45, 7) is 6.32. The Hall–Kier alpha value is -0.600. The van der Waals surface area contributed by atoms with Crippen molar-refractivity contribution in [1.82, 2.24) is 0 Å². The number of hydrogen-bond acceptors (Lipinski definition) is 2. The van der Waals surface area contributed by atoms with Crippen LogP contribution < -0.4 is 11.5 Å². The van der Waals surface area contributed by atoms with Crippen LogP contribution in [0.1, 0.15) is 20.8 Å². The van der Waals surface area contributed by atoms with Crippen molar-refractivity contribution in [2.45, 2.75) is 32.4 Å². The van der Waals surface area contributed by atoms with Crippen LogP contribution in [0.5, 0.6) is 0 Å². The van der Waals surface area contributed by atoms with Gasteiger partial charge in [-0.2, -0.15) is 0 Å². The van der Waals surface area contributed by atoms with Crippen LogP contribution in [0.25, 0.3) is 0 Å². The lowest BCUT2D eigenvalue weighted by Crippen LogP contribution is -2.61. The topological polar surface area (TPSA) is 52.0 Å². The molecule has 2 unspecified atom stereocenters. The van der Waals surface area contributed by atoms with E-state index in [-0.39, 0.29) is 11.5 Å². The fraction of sp³-hybridized carbons (Fsp3) is 0.600. The summed E-state index contributed by atoms with van der Waals surface area (Å²) < 4.78 is 0. The average molecular weight is 166 g/mol.